The fraction of sp³-hybridized carbons (Fsp3) is 0.611. The summed E-state index contributed by atoms with van der Waals surface area (Å²) >= 11 is 0. The molecule has 1 unspecified atom stereocenters. The average Bonchev–Trinajstić information content (AvgIpc) is 2.64. The van der Waals surface area contributed by atoms with Crippen molar-refractivity contribution in [2.45, 2.75) is 65.8 Å². The van der Waals surface area contributed by atoms with Crippen LogP contribution in [0.3, 0.4) is 0 Å². The summed E-state index contributed by atoms with van der Waals surface area (Å²) in [6, 6.07) is 7.75. The van der Waals surface area contributed by atoms with Gasteiger partial charge in [-0.2, -0.15) is 0 Å². The molecule has 1 heterocycles. The Kier molecular flexibility index (Phi) is 4.77. The predicted octanol–water partition coefficient (Wildman–Crippen LogP) is 3.17. The summed E-state index contributed by atoms with van der Waals surface area (Å²) < 4.78 is 17.4. The van der Waals surface area contributed by atoms with Crippen molar-refractivity contribution in [3.8, 4) is 0 Å². The molecule has 0 bridgehead atoms. The van der Waals surface area contributed by atoms with Gasteiger partial charge in [0.1, 0.15) is 6.10 Å². The minimum absolute atomic E-state index is 0.263. The molecule has 2 N–H and O–H groups in total. The van der Waals surface area contributed by atoms with E-state index in [1.165, 1.54) is 0 Å². The second kappa shape index (κ2) is 6.08. The fourth-order valence-corrected chi connectivity index (χ4v) is 2.67. The molecule has 1 aliphatic rings. The quantitative estimate of drug-likeness (QED) is 0.863. The third-order valence-corrected chi connectivity index (χ3v) is 4.79. The van der Waals surface area contributed by atoms with Crippen molar-refractivity contribution in [1.29, 1.82) is 0 Å². The van der Waals surface area contributed by atoms with E-state index < -0.39 is 19.3 Å². The van der Waals surface area contributed by atoms with Crippen molar-refractivity contribution in [3.05, 3.63) is 29.8 Å². The average molecular weight is 333 g/mol. The Balaban J connectivity index is 2.23. The minimum atomic E-state index is -0.773. The van der Waals surface area contributed by atoms with E-state index in [-0.39, 0.29) is 16.6 Å². The highest BCUT2D eigenvalue weighted by atomic mass is 16.7. The molecule has 2 rings (SSSR count). The van der Waals surface area contributed by atoms with Crippen LogP contribution in [0.25, 0.3) is 0 Å². The van der Waals surface area contributed by atoms with Crippen LogP contribution in [0.4, 0.5) is 4.79 Å². The maximum absolute atomic E-state index is 11.2. The Morgan fingerprint density at radius 1 is 1.08 bits per heavy atom. The van der Waals surface area contributed by atoms with E-state index in [1.54, 1.807) is 0 Å². The summed E-state index contributed by atoms with van der Waals surface area (Å²) in [5.41, 5.74) is 6.03. The van der Waals surface area contributed by atoms with Crippen molar-refractivity contribution < 1.29 is 18.8 Å². The Labute approximate surface area is 145 Å². The Hall–Kier alpha value is -1.53. The summed E-state index contributed by atoms with van der Waals surface area (Å²) in [6.07, 6.45) is -1.19. The second-order valence-corrected chi connectivity index (χ2v) is 8.44. The molecule has 0 spiro atoms. The van der Waals surface area contributed by atoms with Gasteiger partial charge in [0.25, 0.3) is 0 Å². The number of benzene rings is 1. The standard InChI is InChI=1S/C18H28BNO4/c1-16(2,3)14(22-15(20)21)12-8-10-13(11-9-12)19-23-17(4,5)18(6,7)24-19/h8-11,14H,1-7H3,(H2,20,21). The van der Waals surface area contributed by atoms with Crippen LogP contribution in [0.1, 0.15) is 60.1 Å². The molecule has 6 heteroatoms. The number of carbonyl (C=O) groups is 1. The maximum Gasteiger partial charge on any atom is 0.494 e. The molecule has 0 saturated carbocycles. The van der Waals surface area contributed by atoms with E-state index >= 15 is 0 Å². The smallest absolute Gasteiger partial charge is 0.441 e. The van der Waals surface area contributed by atoms with Gasteiger partial charge in [0.2, 0.25) is 0 Å². The minimum Gasteiger partial charge on any atom is -0.441 e. The number of rotatable bonds is 3. The Morgan fingerprint density at radius 2 is 1.54 bits per heavy atom. The van der Waals surface area contributed by atoms with Crippen LogP contribution in [-0.2, 0) is 14.0 Å². The van der Waals surface area contributed by atoms with Gasteiger partial charge < -0.3 is 19.8 Å². The van der Waals surface area contributed by atoms with Gasteiger partial charge >= 0.3 is 13.2 Å². The molecule has 1 saturated heterocycles. The zero-order chi connectivity index (χ0) is 18.3. The van der Waals surface area contributed by atoms with Gasteiger partial charge in [0, 0.05) is 5.41 Å². The number of carbonyl (C=O) groups excluding carboxylic acids is 1. The molecule has 24 heavy (non-hydrogen) atoms. The monoisotopic (exact) mass is 333 g/mol. The highest BCUT2D eigenvalue weighted by Gasteiger charge is 2.51. The van der Waals surface area contributed by atoms with Gasteiger partial charge in [-0.15, -0.1) is 0 Å². The van der Waals surface area contributed by atoms with E-state index in [4.69, 9.17) is 19.8 Å². The number of ether oxygens (including phenoxy) is 1. The van der Waals surface area contributed by atoms with Crippen molar-refractivity contribution in [2.75, 3.05) is 0 Å². The number of hydrogen-bond donors (Lipinski definition) is 1. The van der Waals surface area contributed by atoms with Gasteiger partial charge in [0.15, 0.2) is 0 Å². The number of nitrogens with two attached hydrogens (primary N) is 1. The highest BCUT2D eigenvalue weighted by Crippen LogP contribution is 2.38. The van der Waals surface area contributed by atoms with Crippen LogP contribution in [0.5, 0.6) is 0 Å². The molecule has 1 atom stereocenters. The molecule has 0 radical (unpaired) electrons. The van der Waals surface area contributed by atoms with Gasteiger partial charge in [-0.3, -0.25) is 0 Å². The third-order valence-electron chi connectivity index (χ3n) is 4.79. The molecular weight excluding hydrogens is 305 g/mol. The topological polar surface area (TPSA) is 70.8 Å². The lowest BCUT2D eigenvalue weighted by molar-refractivity contribution is 0.00578. The van der Waals surface area contributed by atoms with Crippen LogP contribution in [-0.4, -0.2) is 24.4 Å². The lowest BCUT2D eigenvalue weighted by Gasteiger charge is -2.32. The second-order valence-electron chi connectivity index (χ2n) is 8.44. The van der Waals surface area contributed by atoms with Crippen molar-refractivity contribution in [2.24, 2.45) is 11.1 Å². The van der Waals surface area contributed by atoms with E-state index in [9.17, 15) is 4.79 Å². The molecule has 5 nitrogen and oxygen atoms in total. The van der Waals surface area contributed by atoms with E-state index in [0.29, 0.717) is 0 Å². The molecule has 1 aromatic carbocycles. The van der Waals surface area contributed by atoms with Crippen molar-refractivity contribution in [3.63, 3.8) is 0 Å². The zero-order valence-corrected chi connectivity index (χ0v) is 15.7. The van der Waals surface area contributed by atoms with Gasteiger partial charge in [-0.05, 0) is 38.7 Å². The van der Waals surface area contributed by atoms with Crippen molar-refractivity contribution in [1.82, 2.24) is 0 Å². The fourth-order valence-electron chi connectivity index (χ4n) is 2.67. The normalized spacial score (nSPS) is 20.7. The van der Waals surface area contributed by atoms with Crippen LogP contribution in [0, 0.1) is 5.41 Å². The van der Waals surface area contributed by atoms with E-state index in [0.717, 1.165) is 11.0 Å². The number of primary amides is 1. The van der Waals surface area contributed by atoms with Crippen LogP contribution < -0.4 is 11.2 Å². The maximum atomic E-state index is 11.2. The largest absolute Gasteiger partial charge is 0.494 e. The van der Waals surface area contributed by atoms with Crippen LogP contribution in [0.2, 0.25) is 0 Å². The lowest BCUT2D eigenvalue weighted by Crippen LogP contribution is -2.41. The summed E-state index contributed by atoms with van der Waals surface area (Å²) in [4.78, 5) is 11.2. The summed E-state index contributed by atoms with van der Waals surface area (Å²) in [5.74, 6) is 0. The van der Waals surface area contributed by atoms with Gasteiger partial charge in [-0.1, -0.05) is 45.0 Å². The van der Waals surface area contributed by atoms with Gasteiger partial charge in [0.05, 0.1) is 11.2 Å². The number of hydrogen-bond acceptors (Lipinski definition) is 4. The van der Waals surface area contributed by atoms with E-state index in [1.807, 2.05) is 72.7 Å². The molecular formula is C18H28BNO4. The van der Waals surface area contributed by atoms with E-state index in [2.05, 4.69) is 0 Å². The summed E-state index contributed by atoms with van der Waals surface area (Å²) in [7, 11) is -0.408. The van der Waals surface area contributed by atoms with Gasteiger partial charge in [-0.25, -0.2) is 4.79 Å². The molecule has 132 valence electrons. The molecule has 1 amide bonds. The molecule has 1 aromatic rings. The highest BCUT2D eigenvalue weighted by molar-refractivity contribution is 6.62. The first-order valence-corrected chi connectivity index (χ1v) is 8.25. The Bertz CT molecular complexity index is 588. The molecule has 1 fully saturated rings. The molecule has 1 aliphatic heterocycles. The molecule has 0 aliphatic carbocycles. The van der Waals surface area contributed by atoms with Crippen molar-refractivity contribution >= 4 is 18.7 Å². The predicted molar refractivity (Wildman–Crippen MR) is 95.0 cm³/mol. The zero-order valence-electron chi connectivity index (χ0n) is 15.7. The lowest BCUT2D eigenvalue weighted by atomic mass is 9.77. The summed E-state index contributed by atoms with van der Waals surface area (Å²) in [5, 5.41) is 0. The number of amides is 1. The first kappa shape index (κ1) is 18.8. The van der Waals surface area contributed by atoms with Crippen LogP contribution in [0.15, 0.2) is 24.3 Å². The summed E-state index contributed by atoms with van der Waals surface area (Å²) in [6.45, 7) is 14.1. The Morgan fingerprint density at radius 3 is 1.92 bits per heavy atom. The van der Waals surface area contributed by atoms with Crippen LogP contribution >= 0.6 is 0 Å². The third kappa shape index (κ3) is 3.76. The first-order chi connectivity index (χ1) is 10.8. The molecule has 0 aromatic heterocycles. The SMILES string of the molecule is CC(C)(C)C(OC(N)=O)c1ccc(B2OC(C)(C)C(C)(C)O2)cc1. The first-order valence-electron chi connectivity index (χ1n) is 8.25.